The molecule has 1 amide bonds. The van der Waals surface area contributed by atoms with E-state index in [1.54, 1.807) is 17.5 Å². The number of benzene rings is 2. The van der Waals surface area contributed by atoms with E-state index >= 15 is 0 Å². The zero-order valence-corrected chi connectivity index (χ0v) is 18.2. The normalized spacial score (nSPS) is 16.8. The van der Waals surface area contributed by atoms with Crippen molar-refractivity contribution in [2.45, 2.75) is 29.0 Å². The van der Waals surface area contributed by atoms with E-state index in [1.165, 1.54) is 15.6 Å². The second-order valence-corrected chi connectivity index (χ2v) is 10.6. The lowest BCUT2D eigenvalue weighted by molar-refractivity contribution is -0.128. The van der Waals surface area contributed by atoms with Gasteiger partial charge in [0.25, 0.3) is 10.0 Å². The first kappa shape index (κ1) is 20.8. The highest BCUT2D eigenvalue weighted by molar-refractivity contribution is 7.91. The largest absolute Gasteiger partial charge is 0.351 e. The maximum atomic E-state index is 13.4. The average Bonchev–Trinajstić information content (AvgIpc) is 3.35. The first-order chi connectivity index (χ1) is 14.5. The maximum Gasteiger partial charge on any atom is 0.252 e. The van der Waals surface area contributed by atoms with Crippen LogP contribution in [0.2, 0.25) is 0 Å². The monoisotopic (exact) mass is 440 g/mol. The van der Waals surface area contributed by atoms with Crippen LogP contribution in [0.1, 0.15) is 24.0 Å². The third-order valence-corrected chi connectivity index (χ3v) is 8.99. The van der Waals surface area contributed by atoms with Crippen molar-refractivity contribution in [3.05, 3.63) is 89.3 Å². The molecule has 1 aliphatic rings. The average molecular weight is 441 g/mol. The van der Waals surface area contributed by atoms with Gasteiger partial charge in [-0.25, -0.2) is 8.42 Å². The van der Waals surface area contributed by atoms with Crippen LogP contribution in [0.5, 0.6) is 0 Å². The number of carbonyl (C=O) groups excluding carboxylic acids is 1. The third-order valence-electron chi connectivity index (χ3n) is 5.72. The molecular weight excluding hydrogens is 416 g/mol. The zero-order valence-electron chi connectivity index (χ0n) is 16.5. The Hall–Kier alpha value is -2.48. The fraction of sp³-hybridized carbons (Fsp3) is 0.261. The lowest BCUT2D eigenvalue weighted by atomic mass is 9.72. The van der Waals surface area contributed by atoms with Crippen molar-refractivity contribution < 1.29 is 13.2 Å². The van der Waals surface area contributed by atoms with Crippen molar-refractivity contribution in [1.82, 2.24) is 9.62 Å². The van der Waals surface area contributed by atoms with E-state index in [0.29, 0.717) is 36.7 Å². The Morgan fingerprint density at radius 2 is 1.57 bits per heavy atom. The molecular formula is C23H24N2O3S2. The highest BCUT2D eigenvalue weighted by Gasteiger charge is 2.45. The minimum Gasteiger partial charge on any atom is -0.351 e. The number of sulfonamides is 1. The van der Waals surface area contributed by atoms with Gasteiger partial charge in [0, 0.05) is 19.6 Å². The molecule has 0 bridgehead atoms. The van der Waals surface area contributed by atoms with Gasteiger partial charge in [-0.05, 0) is 35.4 Å². The number of nitrogens with one attached hydrogen (secondary N) is 1. The summed E-state index contributed by atoms with van der Waals surface area (Å²) in [7, 11) is -3.51. The van der Waals surface area contributed by atoms with Crippen LogP contribution in [0.25, 0.3) is 0 Å². The second kappa shape index (κ2) is 8.71. The molecule has 30 heavy (non-hydrogen) atoms. The van der Waals surface area contributed by atoms with Gasteiger partial charge in [-0.15, -0.1) is 11.3 Å². The van der Waals surface area contributed by atoms with Crippen LogP contribution in [-0.2, 0) is 26.8 Å². The quantitative estimate of drug-likeness (QED) is 0.634. The molecule has 1 aromatic heterocycles. The van der Waals surface area contributed by atoms with Crippen LogP contribution in [0.15, 0.2) is 82.4 Å². The minimum absolute atomic E-state index is 0.0503. The second-order valence-electron chi connectivity index (χ2n) is 7.45. The van der Waals surface area contributed by atoms with Crippen molar-refractivity contribution in [3.8, 4) is 0 Å². The Morgan fingerprint density at radius 3 is 2.17 bits per heavy atom. The Bertz CT molecular complexity index is 1070. The lowest BCUT2D eigenvalue weighted by Crippen LogP contribution is -2.52. The molecule has 0 unspecified atom stereocenters. The van der Waals surface area contributed by atoms with Crippen molar-refractivity contribution >= 4 is 27.3 Å². The van der Waals surface area contributed by atoms with E-state index in [1.807, 2.05) is 60.7 Å². The number of hydrogen-bond donors (Lipinski definition) is 1. The molecule has 5 nitrogen and oxygen atoms in total. The molecule has 1 N–H and O–H groups in total. The Kier molecular flexibility index (Phi) is 6.04. The molecule has 1 aliphatic heterocycles. The molecule has 0 atom stereocenters. The van der Waals surface area contributed by atoms with Gasteiger partial charge < -0.3 is 5.32 Å². The van der Waals surface area contributed by atoms with Crippen LogP contribution in [0.3, 0.4) is 0 Å². The van der Waals surface area contributed by atoms with Crippen molar-refractivity contribution in [3.63, 3.8) is 0 Å². The van der Waals surface area contributed by atoms with E-state index in [-0.39, 0.29) is 5.91 Å². The van der Waals surface area contributed by atoms with E-state index < -0.39 is 15.4 Å². The summed E-state index contributed by atoms with van der Waals surface area (Å²) in [6, 6.07) is 22.9. The topological polar surface area (TPSA) is 66.5 Å². The molecule has 0 aliphatic carbocycles. The fourth-order valence-corrected chi connectivity index (χ4v) is 6.58. The van der Waals surface area contributed by atoms with Gasteiger partial charge in [0.1, 0.15) is 4.21 Å². The minimum atomic E-state index is -3.51. The summed E-state index contributed by atoms with van der Waals surface area (Å²) in [4.78, 5) is 13.4. The van der Waals surface area contributed by atoms with Crippen molar-refractivity contribution in [2.75, 3.05) is 13.1 Å². The molecule has 2 heterocycles. The third kappa shape index (κ3) is 4.05. The molecule has 1 saturated heterocycles. The number of piperidine rings is 1. The van der Waals surface area contributed by atoms with Gasteiger partial charge in [0.05, 0.1) is 5.41 Å². The summed E-state index contributed by atoms with van der Waals surface area (Å²) >= 11 is 1.22. The summed E-state index contributed by atoms with van der Waals surface area (Å²) in [6.07, 6.45) is 0.893. The molecule has 2 aromatic carbocycles. The summed E-state index contributed by atoms with van der Waals surface area (Å²) in [5.41, 5.74) is 1.23. The highest BCUT2D eigenvalue weighted by atomic mass is 32.2. The van der Waals surface area contributed by atoms with Crippen LogP contribution in [0, 0.1) is 0 Å². The first-order valence-corrected chi connectivity index (χ1v) is 12.3. The lowest BCUT2D eigenvalue weighted by Gasteiger charge is -2.40. The van der Waals surface area contributed by atoms with Crippen LogP contribution in [-0.4, -0.2) is 31.7 Å². The standard InChI is InChI=1S/C23H24N2O3S2/c26-22(24-18-19-8-3-1-4-9-19)23(20-10-5-2-6-11-20)13-15-25(16-14-23)30(27,28)21-12-7-17-29-21/h1-12,17H,13-16,18H2,(H,24,26). The van der Waals surface area contributed by atoms with E-state index in [2.05, 4.69) is 5.32 Å². The van der Waals surface area contributed by atoms with Crippen LogP contribution in [0.4, 0.5) is 0 Å². The summed E-state index contributed by atoms with van der Waals surface area (Å²) in [5.74, 6) is -0.0503. The molecule has 0 spiro atoms. The van der Waals surface area contributed by atoms with E-state index in [0.717, 1.165) is 11.1 Å². The number of amides is 1. The number of nitrogens with zero attached hydrogens (tertiary/aromatic N) is 1. The SMILES string of the molecule is O=C(NCc1ccccc1)C1(c2ccccc2)CCN(S(=O)(=O)c2cccs2)CC1. The summed E-state index contributed by atoms with van der Waals surface area (Å²) in [6.45, 7) is 1.08. The van der Waals surface area contributed by atoms with Gasteiger partial charge in [0.2, 0.25) is 5.91 Å². The molecule has 1 fully saturated rings. The Balaban J connectivity index is 1.55. The van der Waals surface area contributed by atoms with Crippen molar-refractivity contribution in [1.29, 1.82) is 0 Å². The number of rotatable bonds is 6. The maximum absolute atomic E-state index is 13.4. The first-order valence-electron chi connectivity index (χ1n) is 9.94. The number of hydrogen-bond acceptors (Lipinski definition) is 4. The number of carbonyl (C=O) groups is 1. The van der Waals surface area contributed by atoms with Gasteiger partial charge in [-0.2, -0.15) is 4.31 Å². The predicted molar refractivity (Wildman–Crippen MR) is 119 cm³/mol. The van der Waals surface area contributed by atoms with Gasteiger partial charge in [-0.3, -0.25) is 4.79 Å². The molecule has 0 radical (unpaired) electrons. The Labute approximate surface area is 181 Å². The summed E-state index contributed by atoms with van der Waals surface area (Å²) in [5, 5.41) is 4.85. The predicted octanol–water partition coefficient (Wildman–Crippen LogP) is 3.79. The van der Waals surface area contributed by atoms with E-state index in [4.69, 9.17) is 0 Å². The van der Waals surface area contributed by atoms with E-state index in [9.17, 15) is 13.2 Å². The van der Waals surface area contributed by atoms with Gasteiger partial charge in [0.15, 0.2) is 0 Å². The fourth-order valence-electron chi connectivity index (χ4n) is 4.00. The van der Waals surface area contributed by atoms with Gasteiger partial charge in [-0.1, -0.05) is 66.7 Å². The van der Waals surface area contributed by atoms with Crippen molar-refractivity contribution in [2.24, 2.45) is 0 Å². The smallest absolute Gasteiger partial charge is 0.252 e. The molecule has 7 heteroatoms. The molecule has 4 rings (SSSR count). The van der Waals surface area contributed by atoms with Crippen LogP contribution >= 0.6 is 11.3 Å². The zero-order chi connectivity index (χ0) is 21.0. The Morgan fingerprint density at radius 1 is 0.933 bits per heavy atom. The molecule has 0 saturated carbocycles. The summed E-state index contributed by atoms with van der Waals surface area (Å²) < 4.78 is 27.7. The van der Waals surface area contributed by atoms with Gasteiger partial charge >= 0.3 is 0 Å². The molecule has 3 aromatic rings. The molecule has 156 valence electrons. The van der Waals surface area contributed by atoms with Crippen LogP contribution < -0.4 is 5.32 Å². The highest BCUT2D eigenvalue weighted by Crippen LogP contribution is 2.38. The number of thiophene rings is 1.